The van der Waals surface area contributed by atoms with Crippen molar-refractivity contribution in [3.63, 3.8) is 0 Å². The van der Waals surface area contributed by atoms with Crippen LogP contribution in [0.25, 0.3) is 0 Å². The fourth-order valence-electron chi connectivity index (χ4n) is 3.87. The molecule has 1 fully saturated rings. The van der Waals surface area contributed by atoms with Gasteiger partial charge in [-0.1, -0.05) is 51.1 Å². The van der Waals surface area contributed by atoms with Gasteiger partial charge in [0.2, 0.25) is 5.91 Å². The molecule has 1 saturated heterocycles. The summed E-state index contributed by atoms with van der Waals surface area (Å²) in [7, 11) is 0. The molecule has 0 spiro atoms. The summed E-state index contributed by atoms with van der Waals surface area (Å²) < 4.78 is 5.84. The number of hydrogen-bond donors (Lipinski definition) is 2. The van der Waals surface area contributed by atoms with Gasteiger partial charge >= 0.3 is 0 Å². The molecular weight excluding hydrogens is 402 g/mol. The van der Waals surface area contributed by atoms with Gasteiger partial charge in [0, 0.05) is 42.8 Å². The lowest BCUT2D eigenvalue weighted by Gasteiger charge is -2.35. The summed E-state index contributed by atoms with van der Waals surface area (Å²) in [5.41, 5.74) is 2.95. The zero-order chi connectivity index (χ0) is 23.3. The van der Waals surface area contributed by atoms with Crippen molar-refractivity contribution in [2.75, 3.05) is 18.4 Å². The van der Waals surface area contributed by atoms with Crippen molar-refractivity contribution in [1.29, 1.82) is 0 Å². The predicted molar refractivity (Wildman–Crippen MR) is 127 cm³/mol. The number of nitrogens with zero attached hydrogens (tertiary/aromatic N) is 1. The van der Waals surface area contributed by atoms with Gasteiger partial charge in [0.15, 0.2) is 0 Å². The molecular formula is C26H35N3O3. The van der Waals surface area contributed by atoms with Crippen molar-refractivity contribution >= 4 is 17.5 Å². The van der Waals surface area contributed by atoms with Gasteiger partial charge in [-0.3, -0.25) is 14.5 Å². The Hall–Kier alpha value is -2.70. The molecule has 0 aromatic heterocycles. The zero-order valence-corrected chi connectivity index (χ0v) is 19.8. The third-order valence-electron chi connectivity index (χ3n) is 5.51. The quantitative estimate of drug-likeness (QED) is 0.710. The van der Waals surface area contributed by atoms with E-state index in [1.807, 2.05) is 32.9 Å². The Bertz CT molecular complexity index is 941. The van der Waals surface area contributed by atoms with Crippen LogP contribution in [0.5, 0.6) is 0 Å². The van der Waals surface area contributed by atoms with Crippen molar-refractivity contribution in [2.24, 2.45) is 5.41 Å². The van der Waals surface area contributed by atoms with E-state index in [0.717, 1.165) is 25.2 Å². The minimum atomic E-state index is -0.502. The second-order valence-corrected chi connectivity index (χ2v) is 9.69. The van der Waals surface area contributed by atoms with Crippen LogP contribution < -0.4 is 10.6 Å². The normalized spacial score (nSPS) is 19.4. The van der Waals surface area contributed by atoms with E-state index in [2.05, 4.69) is 41.5 Å². The molecule has 6 heteroatoms. The summed E-state index contributed by atoms with van der Waals surface area (Å²) >= 11 is 0. The van der Waals surface area contributed by atoms with E-state index < -0.39 is 5.41 Å². The van der Waals surface area contributed by atoms with E-state index in [9.17, 15) is 9.59 Å². The molecule has 2 aromatic carbocycles. The number of amides is 2. The van der Waals surface area contributed by atoms with Crippen LogP contribution in [0.4, 0.5) is 5.69 Å². The largest absolute Gasteiger partial charge is 0.373 e. The molecule has 32 heavy (non-hydrogen) atoms. The fourth-order valence-corrected chi connectivity index (χ4v) is 3.87. The number of carbonyl (C=O) groups excluding carboxylic acids is 2. The van der Waals surface area contributed by atoms with Crippen molar-refractivity contribution in [3.05, 3.63) is 65.2 Å². The van der Waals surface area contributed by atoms with E-state index >= 15 is 0 Å². The maximum atomic E-state index is 12.8. The van der Waals surface area contributed by atoms with Gasteiger partial charge in [0.1, 0.15) is 0 Å². The second-order valence-electron chi connectivity index (χ2n) is 9.69. The minimum Gasteiger partial charge on any atom is -0.373 e. The molecule has 0 radical (unpaired) electrons. The van der Waals surface area contributed by atoms with Crippen molar-refractivity contribution in [2.45, 2.75) is 59.9 Å². The number of carbonyl (C=O) groups is 2. The molecule has 1 aliphatic heterocycles. The zero-order valence-electron chi connectivity index (χ0n) is 19.8. The Labute approximate surface area is 191 Å². The molecule has 0 aliphatic carbocycles. The van der Waals surface area contributed by atoms with Gasteiger partial charge in [-0.2, -0.15) is 0 Å². The Balaban J connectivity index is 1.63. The number of hydrogen-bond acceptors (Lipinski definition) is 4. The van der Waals surface area contributed by atoms with E-state index in [0.29, 0.717) is 17.8 Å². The molecule has 2 unspecified atom stereocenters. The first-order chi connectivity index (χ1) is 15.1. The first-order valence-electron chi connectivity index (χ1n) is 11.3. The number of morpholine rings is 1. The van der Waals surface area contributed by atoms with Crippen molar-refractivity contribution < 1.29 is 14.3 Å². The predicted octanol–water partition coefficient (Wildman–Crippen LogP) is 4.21. The van der Waals surface area contributed by atoms with Crippen LogP contribution in [0.2, 0.25) is 0 Å². The Kier molecular flexibility index (Phi) is 7.69. The molecule has 2 amide bonds. The van der Waals surface area contributed by atoms with Gasteiger partial charge in [-0.25, -0.2) is 0 Å². The van der Waals surface area contributed by atoms with E-state index in [1.165, 1.54) is 5.56 Å². The summed E-state index contributed by atoms with van der Waals surface area (Å²) in [5.74, 6) is -0.254. The standard InChI is InChI=1S/C26H35N3O3/c1-18-15-29(16-19(2)32-18)17-22-10-7-6-9-21(22)14-27-24(30)20-11-8-12-23(13-20)28-25(31)26(3,4)5/h6-13,18-19H,14-17H2,1-5H3,(H,27,30)(H,28,31). The van der Waals surface area contributed by atoms with Crippen LogP contribution >= 0.6 is 0 Å². The molecule has 0 bridgehead atoms. The molecule has 172 valence electrons. The number of rotatable bonds is 6. The Morgan fingerprint density at radius 2 is 1.66 bits per heavy atom. The SMILES string of the molecule is CC1CN(Cc2ccccc2CNC(=O)c2cccc(NC(=O)C(C)(C)C)c2)CC(C)O1. The summed E-state index contributed by atoms with van der Waals surface area (Å²) in [5, 5.41) is 5.90. The summed E-state index contributed by atoms with van der Waals surface area (Å²) in [6, 6.07) is 15.2. The Morgan fingerprint density at radius 3 is 2.31 bits per heavy atom. The fraction of sp³-hybridized carbons (Fsp3) is 0.462. The Morgan fingerprint density at radius 1 is 1.00 bits per heavy atom. The smallest absolute Gasteiger partial charge is 0.251 e. The molecule has 2 N–H and O–H groups in total. The highest BCUT2D eigenvalue weighted by molar-refractivity contribution is 5.98. The topological polar surface area (TPSA) is 70.7 Å². The number of benzene rings is 2. The van der Waals surface area contributed by atoms with E-state index in [-0.39, 0.29) is 24.0 Å². The third kappa shape index (κ3) is 6.65. The van der Waals surface area contributed by atoms with E-state index in [1.54, 1.807) is 24.3 Å². The van der Waals surface area contributed by atoms with Crippen LogP contribution in [0.15, 0.2) is 48.5 Å². The highest BCUT2D eigenvalue weighted by Crippen LogP contribution is 2.19. The van der Waals surface area contributed by atoms with Crippen LogP contribution in [0.3, 0.4) is 0 Å². The highest BCUT2D eigenvalue weighted by Gasteiger charge is 2.23. The third-order valence-corrected chi connectivity index (χ3v) is 5.51. The lowest BCUT2D eigenvalue weighted by atomic mass is 9.95. The first kappa shape index (κ1) is 24.0. The van der Waals surface area contributed by atoms with Crippen LogP contribution in [0, 0.1) is 5.41 Å². The summed E-state index contributed by atoms with van der Waals surface area (Å²) in [6.07, 6.45) is 0.438. The summed E-state index contributed by atoms with van der Waals surface area (Å²) in [6.45, 7) is 12.9. The number of nitrogens with one attached hydrogen (secondary N) is 2. The molecule has 0 saturated carbocycles. The number of ether oxygens (including phenoxy) is 1. The molecule has 1 aliphatic rings. The molecule has 2 atom stereocenters. The van der Waals surface area contributed by atoms with Gasteiger partial charge in [0.05, 0.1) is 12.2 Å². The lowest BCUT2D eigenvalue weighted by Crippen LogP contribution is -2.45. The van der Waals surface area contributed by atoms with Gasteiger partial charge in [-0.15, -0.1) is 0 Å². The van der Waals surface area contributed by atoms with Crippen LogP contribution in [-0.2, 0) is 22.6 Å². The molecule has 6 nitrogen and oxygen atoms in total. The number of anilines is 1. The lowest BCUT2D eigenvalue weighted by molar-refractivity contribution is -0.123. The monoisotopic (exact) mass is 437 g/mol. The average Bonchev–Trinajstić information content (AvgIpc) is 2.71. The molecule has 1 heterocycles. The van der Waals surface area contributed by atoms with Gasteiger partial charge in [-0.05, 0) is 43.2 Å². The second kappa shape index (κ2) is 10.3. The first-order valence-corrected chi connectivity index (χ1v) is 11.3. The van der Waals surface area contributed by atoms with E-state index in [4.69, 9.17) is 4.74 Å². The molecule has 2 aromatic rings. The van der Waals surface area contributed by atoms with Crippen LogP contribution in [0.1, 0.15) is 56.1 Å². The molecule has 3 rings (SSSR count). The van der Waals surface area contributed by atoms with Gasteiger partial charge < -0.3 is 15.4 Å². The maximum Gasteiger partial charge on any atom is 0.251 e. The average molecular weight is 438 g/mol. The van der Waals surface area contributed by atoms with Crippen molar-refractivity contribution in [1.82, 2.24) is 10.2 Å². The summed E-state index contributed by atoms with van der Waals surface area (Å²) in [4.78, 5) is 27.4. The van der Waals surface area contributed by atoms with Crippen LogP contribution in [-0.4, -0.2) is 42.0 Å². The minimum absolute atomic E-state index is 0.0873. The maximum absolute atomic E-state index is 12.8. The highest BCUT2D eigenvalue weighted by atomic mass is 16.5. The van der Waals surface area contributed by atoms with Crippen molar-refractivity contribution in [3.8, 4) is 0 Å². The van der Waals surface area contributed by atoms with Gasteiger partial charge in [0.25, 0.3) is 5.91 Å².